The number of carbonyl (C=O) groups is 1. The Kier molecular flexibility index (Phi) is 5.21. The second-order valence-corrected chi connectivity index (χ2v) is 6.75. The fourth-order valence-corrected chi connectivity index (χ4v) is 3.32. The van der Waals surface area contributed by atoms with Crippen LogP contribution in [-0.2, 0) is 6.18 Å². The SMILES string of the molecule is Cc1ccc(C#N)c(NC(=O)c2cc(C)n(-c3ccccc3C(F)(F)F)c2C)c1. The van der Waals surface area contributed by atoms with E-state index < -0.39 is 17.6 Å². The minimum atomic E-state index is -4.52. The molecule has 0 saturated carbocycles. The molecule has 0 aliphatic rings. The molecule has 0 aliphatic carbocycles. The van der Waals surface area contributed by atoms with Crippen molar-refractivity contribution in [2.75, 3.05) is 5.32 Å². The van der Waals surface area contributed by atoms with Crippen molar-refractivity contribution < 1.29 is 18.0 Å². The molecule has 4 nitrogen and oxygen atoms in total. The second-order valence-electron chi connectivity index (χ2n) is 6.75. The zero-order chi connectivity index (χ0) is 21.3. The molecule has 1 N–H and O–H groups in total. The summed E-state index contributed by atoms with van der Waals surface area (Å²) in [6.45, 7) is 5.07. The van der Waals surface area contributed by atoms with Crippen molar-refractivity contribution in [2.45, 2.75) is 26.9 Å². The molecule has 1 aromatic heterocycles. The van der Waals surface area contributed by atoms with Crippen LogP contribution < -0.4 is 5.32 Å². The fourth-order valence-electron chi connectivity index (χ4n) is 3.32. The van der Waals surface area contributed by atoms with Gasteiger partial charge in [0.05, 0.1) is 28.1 Å². The quantitative estimate of drug-likeness (QED) is 0.630. The van der Waals surface area contributed by atoms with Crippen LogP contribution in [0.25, 0.3) is 5.69 Å². The number of para-hydroxylation sites is 1. The number of aryl methyl sites for hydroxylation is 2. The molecule has 148 valence electrons. The van der Waals surface area contributed by atoms with Crippen molar-refractivity contribution in [1.82, 2.24) is 4.57 Å². The zero-order valence-corrected chi connectivity index (χ0v) is 16.1. The van der Waals surface area contributed by atoms with Gasteiger partial charge in [-0.15, -0.1) is 0 Å². The molecule has 0 saturated heterocycles. The van der Waals surface area contributed by atoms with Gasteiger partial charge in [0.15, 0.2) is 0 Å². The smallest absolute Gasteiger partial charge is 0.321 e. The lowest BCUT2D eigenvalue weighted by Gasteiger charge is -2.17. The first-order valence-corrected chi connectivity index (χ1v) is 8.81. The lowest BCUT2D eigenvalue weighted by molar-refractivity contribution is -0.137. The Labute approximate surface area is 166 Å². The third-order valence-electron chi connectivity index (χ3n) is 4.67. The molecular weight excluding hydrogens is 379 g/mol. The number of alkyl halides is 3. The lowest BCUT2D eigenvalue weighted by atomic mass is 10.1. The number of nitrogens with one attached hydrogen (secondary N) is 1. The van der Waals surface area contributed by atoms with Crippen molar-refractivity contribution >= 4 is 11.6 Å². The van der Waals surface area contributed by atoms with Crippen LogP contribution in [0.3, 0.4) is 0 Å². The Balaban J connectivity index is 2.05. The van der Waals surface area contributed by atoms with Crippen molar-refractivity contribution in [3.63, 3.8) is 0 Å². The minimum absolute atomic E-state index is 0.0395. The maximum Gasteiger partial charge on any atom is 0.418 e. The number of amides is 1. The average molecular weight is 397 g/mol. The Bertz CT molecular complexity index is 1140. The Morgan fingerprint density at radius 1 is 1.07 bits per heavy atom. The minimum Gasteiger partial charge on any atom is -0.321 e. The van der Waals surface area contributed by atoms with Gasteiger partial charge in [-0.05, 0) is 56.7 Å². The summed E-state index contributed by atoms with van der Waals surface area (Å²) in [7, 11) is 0. The predicted octanol–water partition coefficient (Wildman–Crippen LogP) is 5.55. The van der Waals surface area contributed by atoms with Gasteiger partial charge in [0.25, 0.3) is 5.91 Å². The van der Waals surface area contributed by atoms with Crippen LogP contribution in [0, 0.1) is 32.1 Å². The van der Waals surface area contributed by atoms with Gasteiger partial charge in [-0.25, -0.2) is 0 Å². The molecule has 2 aromatic carbocycles. The molecule has 0 atom stereocenters. The normalized spacial score (nSPS) is 11.2. The molecule has 0 aliphatic heterocycles. The summed E-state index contributed by atoms with van der Waals surface area (Å²) in [4.78, 5) is 12.8. The standard InChI is InChI=1S/C22H18F3N3O/c1-13-8-9-16(12-26)19(10-13)27-21(29)17-11-14(2)28(15(17)3)20-7-5-4-6-18(20)22(23,24)25/h4-11H,1-3H3,(H,27,29). The van der Waals surface area contributed by atoms with Crippen molar-refractivity contribution in [3.05, 3.63) is 82.2 Å². The highest BCUT2D eigenvalue weighted by molar-refractivity contribution is 6.06. The van der Waals surface area contributed by atoms with Crippen LogP contribution in [0.1, 0.15) is 38.4 Å². The number of rotatable bonds is 3. The van der Waals surface area contributed by atoms with Gasteiger partial charge >= 0.3 is 6.18 Å². The largest absolute Gasteiger partial charge is 0.418 e. The molecule has 0 unspecified atom stereocenters. The van der Waals surface area contributed by atoms with Crippen LogP contribution >= 0.6 is 0 Å². The van der Waals surface area contributed by atoms with E-state index in [0.717, 1.165) is 11.6 Å². The third kappa shape index (κ3) is 3.87. The topological polar surface area (TPSA) is 57.8 Å². The Morgan fingerprint density at radius 2 is 1.76 bits per heavy atom. The number of hydrogen-bond acceptors (Lipinski definition) is 2. The lowest BCUT2D eigenvalue weighted by Crippen LogP contribution is -2.15. The summed E-state index contributed by atoms with van der Waals surface area (Å²) in [6, 6.07) is 13.8. The highest BCUT2D eigenvalue weighted by Gasteiger charge is 2.34. The molecule has 7 heteroatoms. The molecule has 0 spiro atoms. The van der Waals surface area contributed by atoms with E-state index in [1.165, 1.54) is 22.8 Å². The number of nitriles is 1. The molecule has 0 radical (unpaired) electrons. The highest BCUT2D eigenvalue weighted by atomic mass is 19.4. The number of nitrogens with zero attached hydrogens (tertiary/aromatic N) is 2. The van der Waals surface area contributed by atoms with Gasteiger partial charge in [0.2, 0.25) is 0 Å². The van der Waals surface area contributed by atoms with E-state index in [0.29, 0.717) is 22.6 Å². The first-order valence-electron chi connectivity index (χ1n) is 8.81. The molecule has 1 heterocycles. The molecule has 29 heavy (non-hydrogen) atoms. The van der Waals surface area contributed by atoms with Crippen LogP contribution in [0.4, 0.5) is 18.9 Å². The van der Waals surface area contributed by atoms with Crippen LogP contribution in [0.5, 0.6) is 0 Å². The van der Waals surface area contributed by atoms with E-state index in [9.17, 15) is 23.2 Å². The summed E-state index contributed by atoms with van der Waals surface area (Å²) in [5, 5.41) is 11.9. The first kappa shape index (κ1) is 20.2. The number of benzene rings is 2. The van der Waals surface area contributed by atoms with Crippen LogP contribution in [-0.4, -0.2) is 10.5 Å². The first-order chi connectivity index (χ1) is 13.6. The van der Waals surface area contributed by atoms with Crippen molar-refractivity contribution in [2.24, 2.45) is 0 Å². The van der Waals surface area contributed by atoms with Crippen LogP contribution in [0.2, 0.25) is 0 Å². The predicted molar refractivity (Wildman–Crippen MR) is 104 cm³/mol. The Hall–Kier alpha value is -3.53. The summed E-state index contributed by atoms with van der Waals surface area (Å²) in [5.41, 5.74) is 1.82. The number of anilines is 1. The summed E-state index contributed by atoms with van der Waals surface area (Å²) < 4.78 is 41.8. The maximum atomic E-state index is 13.4. The van der Waals surface area contributed by atoms with Gasteiger partial charge in [-0.1, -0.05) is 18.2 Å². The van der Waals surface area contributed by atoms with E-state index in [4.69, 9.17) is 0 Å². The number of hydrogen-bond donors (Lipinski definition) is 1. The highest BCUT2D eigenvalue weighted by Crippen LogP contribution is 2.35. The van der Waals surface area contributed by atoms with Gasteiger partial charge in [0, 0.05) is 11.4 Å². The van der Waals surface area contributed by atoms with Crippen molar-refractivity contribution in [1.29, 1.82) is 5.26 Å². The maximum absolute atomic E-state index is 13.4. The molecule has 3 aromatic rings. The monoisotopic (exact) mass is 397 g/mol. The fraction of sp³-hybridized carbons (Fsp3) is 0.182. The van der Waals surface area contributed by atoms with Gasteiger partial charge < -0.3 is 9.88 Å². The van der Waals surface area contributed by atoms with E-state index in [2.05, 4.69) is 5.32 Å². The summed E-state index contributed by atoms with van der Waals surface area (Å²) in [5.74, 6) is -0.490. The van der Waals surface area contributed by atoms with Crippen LogP contribution in [0.15, 0.2) is 48.5 Å². The van der Waals surface area contributed by atoms with Crippen molar-refractivity contribution in [3.8, 4) is 11.8 Å². The zero-order valence-electron chi connectivity index (χ0n) is 16.1. The van der Waals surface area contributed by atoms with Gasteiger partial charge in [-0.3, -0.25) is 4.79 Å². The molecule has 1 amide bonds. The summed E-state index contributed by atoms with van der Waals surface area (Å²) >= 11 is 0. The molecule has 0 fully saturated rings. The van der Waals surface area contributed by atoms with Gasteiger partial charge in [0.1, 0.15) is 6.07 Å². The average Bonchev–Trinajstić information content (AvgIpc) is 2.95. The number of aromatic nitrogens is 1. The van der Waals surface area contributed by atoms with Gasteiger partial charge in [-0.2, -0.15) is 18.4 Å². The van der Waals surface area contributed by atoms with E-state index in [1.54, 1.807) is 38.1 Å². The third-order valence-corrected chi connectivity index (χ3v) is 4.67. The second kappa shape index (κ2) is 7.47. The van der Waals surface area contributed by atoms with E-state index in [-0.39, 0.29) is 11.3 Å². The number of carbonyl (C=O) groups excluding carboxylic acids is 1. The molecular formula is C22H18F3N3O. The molecule has 0 bridgehead atoms. The summed E-state index contributed by atoms with van der Waals surface area (Å²) in [6.07, 6.45) is -4.52. The van der Waals surface area contributed by atoms with E-state index in [1.807, 2.05) is 13.0 Å². The molecule has 3 rings (SSSR count). The van der Waals surface area contributed by atoms with E-state index >= 15 is 0 Å². The Morgan fingerprint density at radius 3 is 2.41 bits per heavy atom. The number of halogens is 3.